The molecule has 0 saturated heterocycles. The highest BCUT2D eigenvalue weighted by molar-refractivity contribution is 7.99. The molecule has 172 valence electrons. The molecule has 0 atom stereocenters. The lowest BCUT2D eigenvalue weighted by atomic mass is 10.1. The van der Waals surface area contributed by atoms with Crippen molar-refractivity contribution in [2.24, 2.45) is 5.73 Å². The molecule has 0 fully saturated rings. The lowest BCUT2D eigenvalue weighted by Gasteiger charge is -2.11. The van der Waals surface area contributed by atoms with Crippen molar-refractivity contribution < 1.29 is 14.3 Å². The van der Waals surface area contributed by atoms with Crippen molar-refractivity contribution in [2.75, 3.05) is 11.1 Å². The maximum absolute atomic E-state index is 12.4. The van der Waals surface area contributed by atoms with Gasteiger partial charge in [-0.05, 0) is 49.2 Å². The lowest BCUT2D eigenvalue weighted by Crippen LogP contribution is -2.19. The Hall–Kier alpha value is -3.30. The van der Waals surface area contributed by atoms with Crippen LogP contribution in [0.2, 0.25) is 5.02 Å². The first-order valence-corrected chi connectivity index (χ1v) is 11.4. The first-order valence-electron chi connectivity index (χ1n) is 10.0. The van der Waals surface area contributed by atoms with Crippen molar-refractivity contribution in [1.82, 2.24) is 14.8 Å². The van der Waals surface area contributed by atoms with Crippen LogP contribution in [0, 0.1) is 13.8 Å². The Balaban J connectivity index is 1.66. The summed E-state index contributed by atoms with van der Waals surface area (Å²) in [5.74, 6) is 0.442. The van der Waals surface area contributed by atoms with E-state index in [1.54, 1.807) is 30.3 Å². The molecule has 8 nitrogen and oxygen atoms in total. The number of aromatic nitrogens is 3. The van der Waals surface area contributed by atoms with Crippen LogP contribution >= 0.6 is 23.4 Å². The van der Waals surface area contributed by atoms with Crippen LogP contribution in [-0.2, 0) is 17.9 Å². The Labute approximate surface area is 201 Å². The number of rotatable bonds is 10. The quantitative estimate of drug-likeness (QED) is 0.329. The predicted molar refractivity (Wildman–Crippen MR) is 130 cm³/mol. The Morgan fingerprint density at radius 3 is 2.61 bits per heavy atom. The Morgan fingerprint density at radius 2 is 1.94 bits per heavy atom. The standard InChI is InChI=1S/C23H24ClN5O3S/c1-4-9-29-19(12-32-16-10-14(2)21(24)15(3)11-16)27-28-23(29)33-13-20(30)26-18-8-6-5-7-17(18)22(25)31/h4-8,10-11H,1,9,12-13H2,2-3H3,(H2,25,31)(H,26,30). The summed E-state index contributed by atoms with van der Waals surface area (Å²) in [6.45, 7) is 8.28. The number of nitrogens with one attached hydrogen (secondary N) is 1. The summed E-state index contributed by atoms with van der Waals surface area (Å²) in [7, 11) is 0. The van der Waals surface area contributed by atoms with E-state index in [1.807, 2.05) is 30.5 Å². The molecule has 10 heteroatoms. The minimum atomic E-state index is -0.611. The van der Waals surface area contributed by atoms with Crippen molar-refractivity contribution in [3.05, 3.63) is 76.6 Å². The zero-order valence-electron chi connectivity index (χ0n) is 18.3. The fourth-order valence-corrected chi connectivity index (χ4v) is 3.98. The summed E-state index contributed by atoms with van der Waals surface area (Å²) in [5, 5.41) is 12.4. The molecule has 3 rings (SSSR count). The first-order chi connectivity index (χ1) is 15.8. The van der Waals surface area contributed by atoms with E-state index < -0.39 is 5.91 Å². The molecule has 0 aliphatic carbocycles. The van der Waals surface area contributed by atoms with Gasteiger partial charge in [0.15, 0.2) is 11.0 Å². The molecule has 33 heavy (non-hydrogen) atoms. The zero-order chi connectivity index (χ0) is 24.0. The highest BCUT2D eigenvalue weighted by Gasteiger charge is 2.16. The number of primary amides is 1. The van der Waals surface area contributed by atoms with Crippen LogP contribution in [0.15, 0.2) is 54.2 Å². The molecule has 1 heterocycles. The summed E-state index contributed by atoms with van der Waals surface area (Å²) < 4.78 is 7.73. The van der Waals surface area contributed by atoms with E-state index in [0.717, 1.165) is 11.1 Å². The highest BCUT2D eigenvalue weighted by atomic mass is 35.5. The number of hydrogen-bond acceptors (Lipinski definition) is 6. The summed E-state index contributed by atoms with van der Waals surface area (Å²) in [6, 6.07) is 10.3. The molecule has 0 radical (unpaired) electrons. The van der Waals surface area contributed by atoms with E-state index in [4.69, 9.17) is 22.1 Å². The van der Waals surface area contributed by atoms with E-state index in [0.29, 0.717) is 34.0 Å². The van der Waals surface area contributed by atoms with E-state index in [1.165, 1.54) is 11.8 Å². The maximum atomic E-state index is 12.4. The third-order valence-electron chi connectivity index (χ3n) is 4.68. The number of nitrogens with two attached hydrogens (primary N) is 1. The first kappa shape index (κ1) is 24.3. The molecule has 0 aliphatic rings. The summed E-state index contributed by atoms with van der Waals surface area (Å²) in [6.07, 6.45) is 1.72. The van der Waals surface area contributed by atoms with Crippen molar-refractivity contribution in [3.8, 4) is 5.75 Å². The number of para-hydroxylation sites is 1. The number of hydrogen-bond donors (Lipinski definition) is 2. The summed E-state index contributed by atoms with van der Waals surface area (Å²) >= 11 is 7.44. The summed E-state index contributed by atoms with van der Waals surface area (Å²) in [5.41, 5.74) is 7.84. The van der Waals surface area contributed by atoms with Crippen LogP contribution in [0.25, 0.3) is 0 Å². The van der Waals surface area contributed by atoms with Gasteiger partial charge in [0.25, 0.3) is 5.91 Å². The number of carbonyl (C=O) groups excluding carboxylic acids is 2. The van der Waals surface area contributed by atoms with E-state index >= 15 is 0 Å². The molecular weight excluding hydrogens is 462 g/mol. The van der Waals surface area contributed by atoms with Crippen LogP contribution < -0.4 is 15.8 Å². The number of ether oxygens (including phenoxy) is 1. The largest absolute Gasteiger partial charge is 0.486 e. The number of allylic oxidation sites excluding steroid dienone is 1. The Bertz CT molecular complexity index is 1170. The average Bonchev–Trinajstić information content (AvgIpc) is 3.16. The lowest BCUT2D eigenvalue weighted by molar-refractivity contribution is -0.113. The fraction of sp³-hybridized carbons (Fsp3) is 0.217. The van der Waals surface area contributed by atoms with Gasteiger partial charge < -0.3 is 15.8 Å². The van der Waals surface area contributed by atoms with Crippen molar-refractivity contribution in [3.63, 3.8) is 0 Å². The number of anilines is 1. The number of nitrogens with zero attached hydrogens (tertiary/aromatic N) is 3. The van der Waals surface area contributed by atoms with Gasteiger partial charge in [0.2, 0.25) is 5.91 Å². The van der Waals surface area contributed by atoms with Gasteiger partial charge in [-0.1, -0.05) is 41.6 Å². The van der Waals surface area contributed by atoms with Crippen molar-refractivity contribution in [1.29, 1.82) is 0 Å². The molecule has 3 aromatic rings. The zero-order valence-corrected chi connectivity index (χ0v) is 19.9. The number of aryl methyl sites for hydroxylation is 2. The molecule has 0 bridgehead atoms. The van der Waals surface area contributed by atoms with Gasteiger partial charge in [-0.2, -0.15) is 0 Å². The van der Waals surface area contributed by atoms with E-state index in [-0.39, 0.29) is 23.8 Å². The van der Waals surface area contributed by atoms with Gasteiger partial charge in [-0.25, -0.2) is 0 Å². The highest BCUT2D eigenvalue weighted by Crippen LogP contribution is 2.27. The smallest absolute Gasteiger partial charge is 0.250 e. The van der Waals surface area contributed by atoms with E-state index in [9.17, 15) is 9.59 Å². The fourth-order valence-electron chi connectivity index (χ4n) is 3.11. The number of carbonyl (C=O) groups is 2. The molecule has 1 aromatic heterocycles. The monoisotopic (exact) mass is 485 g/mol. The minimum absolute atomic E-state index is 0.0683. The van der Waals surface area contributed by atoms with Crippen molar-refractivity contribution in [2.45, 2.75) is 32.2 Å². The van der Waals surface area contributed by atoms with Crippen molar-refractivity contribution >= 4 is 40.9 Å². The van der Waals surface area contributed by atoms with Gasteiger partial charge in [0, 0.05) is 11.6 Å². The molecule has 2 amide bonds. The topological polar surface area (TPSA) is 112 Å². The average molecular weight is 486 g/mol. The van der Waals surface area contributed by atoms with E-state index in [2.05, 4.69) is 22.1 Å². The van der Waals surface area contributed by atoms with Crippen LogP contribution in [0.3, 0.4) is 0 Å². The number of thioether (sulfide) groups is 1. The number of amides is 2. The Kier molecular flexibility index (Phi) is 8.13. The molecular formula is C23H24ClN5O3S. The molecule has 2 aromatic carbocycles. The minimum Gasteiger partial charge on any atom is -0.486 e. The normalized spacial score (nSPS) is 10.6. The SMILES string of the molecule is C=CCn1c(COc2cc(C)c(Cl)c(C)c2)nnc1SCC(=O)Nc1ccccc1C(N)=O. The van der Waals surface area contributed by atoms with Gasteiger partial charge in [-0.3, -0.25) is 14.2 Å². The van der Waals surface area contributed by atoms with Gasteiger partial charge in [-0.15, -0.1) is 16.8 Å². The van der Waals surface area contributed by atoms with Gasteiger partial charge in [0.05, 0.1) is 17.0 Å². The maximum Gasteiger partial charge on any atom is 0.250 e. The molecule has 0 saturated carbocycles. The van der Waals surface area contributed by atoms with Gasteiger partial charge in [0.1, 0.15) is 12.4 Å². The third kappa shape index (κ3) is 6.15. The van der Waals surface area contributed by atoms with Gasteiger partial charge >= 0.3 is 0 Å². The third-order valence-corrected chi connectivity index (χ3v) is 6.24. The number of halogens is 1. The predicted octanol–water partition coefficient (Wildman–Crippen LogP) is 4.14. The van der Waals surface area contributed by atoms with Crippen LogP contribution in [0.1, 0.15) is 27.3 Å². The molecule has 3 N–H and O–H groups in total. The Morgan fingerprint density at radius 1 is 1.24 bits per heavy atom. The molecule has 0 spiro atoms. The van der Waals surface area contributed by atoms with Crippen LogP contribution in [0.5, 0.6) is 5.75 Å². The van der Waals surface area contributed by atoms with Crippen LogP contribution in [-0.4, -0.2) is 32.3 Å². The second kappa shape index (κ2) is 11.0. The van der Waals surface area contributed by atoms with Crippen LogP contribution in [0.4, 0.5) is 5.69 Å². The molecule has 0 unspecified atom stereocenters. The summed E-state index contributed by atoms with van der Waals surface area (Å²) in [4.78, 5) is 24.0. The second-order valence-corrected chi connectivity index (χ2v) is 8.52. The number of benzene rings is 2. The second-order valence-electron chi connectivity index (χ2n) is 7.20. The molecule has 0 aliphatic heterocycles.